The molecule has 1 aromatic heterocycles. The maximum absolute atomic E-state index is 6.06. The van der Waals surface area contributed by atoms with Gasteiger partial charge in [0.05, 0.1) is 6.54 Å². The zero-order valence-electron chi connectivity index (χ0n) is 17.9. The Hall–Kier alpha value is -3.39. The highest BCUT2D eigenvalue weighted by Crippen LogP contribution is 2.24. The van der Waals surface area contributed by atoms with Crippen molar-refractivity contribution in [3.05, 3.63) is 71.8 Å². The van der Waals surface area contributed by atoms with Gasteiger partial charge in [0.2, 0.25) is 0 Å². The van der Waals surface area contributed by atoms with E-state index in [1.165, 1.54) is 0 Å². The lowest BCUT2D eigenvalue weighted by atomic mass is 10.1. The quantitative estimate of drug-likeness (QED) is 0.452. The van der Waals surface area contributed by atoms with Crippen LogP contribution in [0, 0.1) is 0 Å². The number of guanidine groups is 1. The molecule has 2 heterocycles. The number of methoxy groups -OCH3 is 1. The highest BCUT2D eigenvalue weighted by atomic mass is 16.5. The van der Waals surface area contributed by atoms with Crippen LogP contribution in [0.15, 0.2) is 59.6 Å². The SMILES string of the molecule is CN=C(NCc1ccccc1Oc1ccccc1)NC1CCc2nc(COC)nn2C1. The molecule has 8 nitrogen and oxygen atoms in total. The Morgan fingerprint density at radius 3 is 2.77 bits per heavy atom. The number of hydrogen-bond acceptors (Lipinski definition) is 5. The van der Waals surface area contributed by atoms with Gasteiger partial charge in [0.25, 0.3) is 0 Å². The fourth-order valence-corrected chi connectivity index (χ4v) is 3.60. The van der Waals surface area contributed by atoms with Crippen LogP contribution in [0.3, 0.4) is 0 Å². The molecule has 3 aromatic rings. The molecule has 4 rings (SSSR count). The Kier molecular flexibility index (Phi) is 6.78. The minimum Gasteiger partial charge on any atom is -0.457 e. The molecule has 0 radical (unpaired) electrons. The van der Waals surface area contributed by atoms with Crippen LogP contribution in [0.4, 0.5) is 0 Å². The first-order chi connectivity index (χ1) is 15.2. The van der Waals surface area contributed by atoms with Crippen LogP contribution in [0.5, 0.6) is 11.5 Å². The van der Waals surface area contributed by atoms with Gasteiger partial charge in [0.15, 0.2) is 11.8 Å². The minimum absolute atomic E-state index is 0.228. The molecule has 0 spiro atoms. The van der Waals surface area contributed by atoms with Gasteiger partial charge in [0.1, 0.15) is 23.9 Å². The Balaban J connectivity index is 1.35. The molecular formula is C23H28N6O2. The maximum Gasteiger partial charge on any atom is 0.191 e. The van der Waals surface area contributed by atoms with Gasteiger partial charge in [-0.15, -0.1) is 0 Å². The van der Waals surface area contributed by atoms with Gasteiger partial charge in [-0.2, -0.15) is 5.10 Å². The summed E-state index contributed by atoms with van der Waals surface area (Å²) in [5.74, 6) is 4.14. The number of ether oxygens (including phenoxy) is 2. The van der Waals surface area contributed by atoms with Crippen LogP contribution in [0.1, 0.15) is 23.6 Å². The molecule has 0 aliphatic carbocycles. The van der Waals surface area contributed by atoms with Gasteiger partial charge in [-0.1, -0.05) is 36.4 Å². The van der Waals surface area contributed by atoms with Gasteiger partial charge in [-0.05, 0) is 24.6 Å². The van der Waals surface area contributed by atoms with Crippen molar-refractivity contribution in [2.24, 2.45) is 4.99 Å². The number of nitrogens with one attached hydrogen (secondary N) is 2. The van der Waals surface area contributed by atoms with Gasteiger partial charge >= 0.3 is 0 Å². The number of aryl methyl sites for hydroxylation is 1. The summed E-state index contributed by atoms with van der Waals surface area (Å²) in [6.07, 6.45) is 1.85. The lowest BCUT2D eigenvalue weighted by molar-refractivity contribution is 0.177. The third-order valence-electron chi connectivity index (χ3n) is 5.13. The third kappa shape index (κ3) is 5.40. The van der Waals surface area contributed by atoms with E-state index in [0.717, 1.165) is 54.1 Å². The number of nitrogens with zero attached hydrogens (tertiary/aromatic N) is 4. The van der Waals surface area contributed by atoms with E-state index in [2.05, 4.69) is 31.8 Å². The van der Waals surface area contributed by atoms with Crippen LogP contribution in [0.2, 0.25) is 0 Å². The summed E-state index contributed by atoms with van der Waals surface area (Å²) in [6.45, 7) is 1.79. The van der Waals surface area contributed by atoms with E-state index in [4.69, 9.17) is 9.47 Å². The van der Waals surface area contributed by atoms with Crippen molar-refractivity contribution in [2.45, 2.75) is 38.6 Å². The molecule has 2 aromatic carbocycles. The van der Waals surface area contributed by atoms with E-state index in [1.54, 1.807) is 14.2 Å². The first-order valence-electron chi connectivity index (χ1n) is 10.4. The lowest BCUT2D eigenvalue weighted by Crippen LogP contribution is -2.46. The van der Waals surface area contributed by atoms with Gasteiger partial charge < -0.3 is 20.1 Å². The number of para-hydroxylation sites is 2. The molecule has 31 heavy (non-hydrogen) atoms. The fourth-order valence-electron chi connectivity index (χ4n) is 3.60. The van der Waals surface area contributed by atoms with Crippen LogP contribution < -0.4 is 15.4 Å². The Bertz CT molecular complexity index is 1020. The number of hydrogen-bond donors (Lipinski definition) is 2. The number of aromatic nitrogens is 3. The topological polar surface area (TPSA) is 85.6 Å². The fraction of sp³-hybridized carbons (Fsp3) is 0.348. The summed E-state index contributed by atoms with van der Waals surface area (Å²) in [4.78, 5) is 8.92. The molecule has 0 fully saturated rings. The summed E-state index contributed by atoms with van der Waals surface area (Å²) in [6, 6.07) is 18.0. The minimum atomic E-state index is 0.228. The van der Waals surface area contributed by atoms with Crippen molar-refractivity contribution in [2.75, 3.05) is 14.2 Å². The second-order valence-corrected chi connectivity index (χ2v) is 7.39. The van der Waals surface area contributed by atoms with Crippen molar-refractivity contribution < 1.29 is 9.47 Å². The maximum atomic E-state index is 6.06. The Morgan fingerprint density at radius 1 is 1.16 bits per heavy atom. The van der Waals surface area contributed by atoms with E-state index in [0.29, 0.717) is 13.2 Å². The number of aliphatic imine (C=N–C) groups is 1. The highest BCUT2D eigenvalue weighted by Gasteiger charge is 2.22. The van der Waals surface area contributed by atoms with E-state index in [1.807, 2.05) is 53.2 Å². The first kappa shape index (κ1) is 20.9. The summed E-state index contributed by atoms with van der Waals surface area (Å²) >= 11 is 0. The zero-order chi connectivity index (χ0) is 21.5. The van der Waals surface area contributed by atoms with Crippen molar-refractivity contribution in [1.29, 1.82) is 0 Å². The normalized spacial score (nSPS) is 15.9. The zero-order valence-corrected chi connectivity index (χ0v) is 17.9. The molecule has 2 N–H and O–H groups in total. The van der Waals surface area contributed by atoms with E-state index >= 15 is 0 Å². The van der Waals surface area contributed by atoms with E-state index in [9.17, 15) is 0 Å². The average molecular weight is 421 g/mol. The monoisotopic (exact) mass is 420 g/mol. The van der Waals surface area contributed by atoms with E-state index in [-0.39, 0.29) is 6.04 Å². The Labute approximate surface area is 182 Å². The lowest BCUT2D eigenvalue weighted by Gasteiger charge is -2.25. The van der Waals surface area contributed by atoms with Crippen LogP contribution in [-0.2, 0) is 30.9 Å². The van der Waals surface area contributed by atoms with Crippen molar-refractivity contribution in [1.82, 2.24) is 25.4 Å². The molecule has 0 saturated carbocycles. The first-order valence-corrected chi connectivity index (χ1v) is 10.4. The summed E-state index contributed by atoms with van der Waals surface area (Å²) < 4.78 is 13.2. The van der Waals surface area contributed by atoms with Gasteiger partial charge in [-0.25, -0.2) is 9.67 Å². The molecule has 0 saturated heterocycles. The van der Waals surface area contributed by atoms with Crippen LogP contribution in [0.25, 0.3) is 0 Å². The molecule has 1 atom stereocenters. The number of rotatable bonds is 7. The van der Waals surface area contributed by atoms with Gasteiger partial charge in [0, 0.05) is 38.7 Å². The molecule has 162 valence electrons. The van der Waals surface area contributed by atoms with Crippen LogP contribution >= 0.6 is 0 Å². The molecule has 8 heteroatoms. The van der Waals surface area contributed by atoms with E-state index < -0.39 is 0 Å². The second kappa shape index (κ2) is 10.1. The Morgan fingerprint density at radius 2 is 1.97 bits per heavy atom. The molecule has 1 unspecified atom stereocenters. The molecular weight excluding hydrogens is 392 g/mol. The molecule has 0 amide bonds. The van der Waals surface area contributed by atoms with Crippen molar-refractivity contribution in [3.63, 3.8) is 0 Å². The summed E-state index contributed by atoms with van der Waals surface area (Å²) in [5, 5.41) is 11.4. The number of fused-ring (bicyclic) bond motifs is 1. The predicted molar refractivity (Wildman–Crippen MR) is 119 cm³/mol. The largest absolute Gasteiger partial charge is 0.457 e. The smallest absolute Gasteiger partial charge is 0.191 e. The summed E-state index contributed by atoms with van der Waals surface area (Å²) in [5.41, 5.74) is 1.06. The molecule has 0 bridgehead atoms. The van der Waals surface area contributed by atoms with Crippen molar-refractivity contribution >= 4 is 5.96 Å². The highest BCUT2D eigenvalue weighted by molar-refractivity contribution is 5.80. The van der Waals surface area contributed by atoms with Crippen molar-refractivity contribution in [3.8, 4) is 11.5 Å². The average Bonchev–Trinajstić information content (AvgIpc) is 3.20. The molecule has 1 aliphatic heterocycles. The number of benzene rings is 2. The predicted octanol–water partition coefficient (Wildman–Crippen LogP) is 2.90. The third-order valence-corrected chi connectivity index (χ3v) is 5.13. The standard InChI is InChI=1S/C23H28N6O2/c1-24-23(26-18-12-13-22-27-21(16-30-2)28-29(22)15-18)25-14-17-8-6-7-11-20(17)31-19-9-4-3-5-10-19/h3-11,18H,12-16H2,1-2H3,(H2,24,25,26). The van der Waals surface area contributed by atoms with Crippen LogP contribution in [-0.4, -0.2) is 40.9 Å². The second-order valence-electron chi connectivity index (χ2n) is 7.39. The van der Waals surface area contributed by atoms with Gasteiger partial charge in [-0.3, -0.25) is 4.99 Å². The summed E-state index contributed by atoms with van der Waals surface area (Å²) in [7, 11) is 3.44. The molecule has 1 aliphatic rings.